The summed E-state index contributed by atoms with van der Waals surface area (Å²) in [6.45, 7) is 22.4. The van der Waals surface area contributed by atoms with Crippen LogP contribution in [0.2, 0.25) is 0 Å². The Morgan fingerprint density at radius 3 is 2.26 bits per heavy atom. The Morgan fingerprint density at radius 2 is 1.60 bits per heavy atom. The third-order valence-corrected chi connectivity index (χ3v) is 18.8. The molecular formula is C45H66N2O5S. The summed E-state index contributed by atoms with van der Waals surface area (Å²) in [5.74, 6) is 2.58. The quantitative estimate of drug-likeness (QED) is 0.245. The molecule has 1 amide bonds. The molecule has 7 rings (SSSR count). The van der Waals surface area contributed by atoms with Crippen LogP contribution in [-0.4, -0.2) is 68.0 Å². The number of carboxylic acids is 1. The van der Waals surface area contributed by atoms with Gasteiger partial charge in [-0.15, -0.1) is 0 Å². The molecule has 1 heterocycles. The van der Waals surface area contributed by atoms with Gasteiger partial charge < -0.3 is 15.3 Å². The fraction of sp³-hybridized carbons (Fsp3) is 0.733. The second-order valence-electron chi connectivity index (χ2n) is 19.8. The van der Waals surface area contributed by atoms with Gasteiger partial charge in [-0.05, 0) is 158 Å². The van der Waals surface area contributed by atoms with E-state index in [1.165, 1.54) is 62.5 Å². The van der Waals surface area contributed by atoms with Crippen molar-refractivity contribution in [2.45, 2.75) is 112 Å². The van der Waals surface area contributed by atoms with Crippen molar-refractivity contribution >= 4 is 27.3 Å². The van der Waals surface area contributed by atoms with Crippen LogP contribution in [0, 0.1) is 56.7 Å². The highest BCUT2D eigenvalue weighted by atomic mass is 32.2. The summed E-state index contributed by atoms with van der Waals surface area (Å²) in [5.41, 5.74) is 4.96. The van der Waals surface area contributed by atoms with Crippen molar-refractivity contribution in [3.05, 3.63) is 53.6 Å². The molecule has 4 saturated carbocycles. The number of hydrogen-bond acceptors (Lipinski definition) is 5. The maximum atomic E-state index is 13.3. The van der Waals surface area contributed by atoms with Crippen LogP contribution in [0.3, 0.4) is 0 Å². The summed E-state index contributed by atoms with van der Waals surface area (Å²) in [6, 6.07) is 7.54. The molecular weight excluding hydrogens is 681 g/mol. The van der Waals surface area contributed by atoms with Crippen molar-refractivity contribution in [2.24, 2.45) is 56.7 Å². The molecule has 5 fully saturated rings. The van der Waals surface area contributed by atoms with Crippen molar-refractivity contribution in [1.82, 2.24) is 10.2 Å². The first-order valence-corrected chi connectivity index (χ1v) is 22.6. The Kier molecular flexibility index (Phi) is 9.98. The molecule has 8 heteroatoms. The smallest absolute Gasteiger partial charge is 0.335 e. The van der Waals surface area contributed by atoms with Gasteiger partial charge in [-0.2, -0.15) is 0 Å². The second kappa shape index (κ2) is 13.6. The van der Waals surface area contributed by atoms with Gasteiger partial charge in [0, 0.05) is 26.1 Å². The predicted molar refractivity (Wildman–Crippen MR) is 213 cm³/mol. The summed E-state index contributed by atoms with van der Waals surface area (Å²) >= 11 is 0. The monoisotopic (exact) mass is 746 g/mol. The average Bonchev–Trinajstić information content (AvgIpc) is 3.49. The number of fused-ring (bicyclic) bond motifs is 7. The zero-order valence-electron chi connectivity index (χ0n) is 33.4. The fourth-order valence-electron chi connectivity index (χ4n) is 14.3. The lowest BCUT2D eigenvalue weighted by Gasteiger charge is -2.72. The van der Waals surface area contributed by atoms with E-state index >= 15 is 0 Å². The first-order chi connectivity index (χ1) is 24.9. The van der Waals surface area contributed by atoms with Crippen LogP contribution in [0.1, 0.15) is 128 Å². The number of nitrogens with zero attached hydrogens (tertiary/aromatic N) is 1. The van der Waals surface area contributed by atoms with Crippen molar-refractivity contribution in [3.8, 4) is 0 Å². The number of carboxylic acid groups (broad SMARTS) is 1. The number of sulfone groups is 1. The van der Waals surface area contributed by atoms with Crippen molar-refractivity contribution in [2.75, 3.05) is 37.7 Å². The summed E-state index contributed by atoms with van der Waals surface area (Å²) in [4.78, 5) is 27.1. The number of rotatable bonds is 9. The predicted octanol–water partition coefficient (Wildman–Crippen LogP) is 8.66. The lowest BCUT2D eigenvalue weighted by Crippen LogP contribution is -2.66. The van der Waals surface area contributed by atoms with Gasteiger partial charge in [-0.1, -0.05) is 65.0 Å². The van der Waals surface area contributed by atoms with Crippen LogP contribution < -0.4 is 5.32 Å². The molecule has 0 unspecified atom stereocenters. The van der Waals surface area contributed by atoms with Crippen LogP contribution in [-0.2, 0) is 14.6 Å². The molecule has 1 aromatic rings. The number of aromatic carboxylic acids is 1. The SMILES string of the molecule is C=C(C)[C@@H]1CC[C@]2(CNC(=O)CCCN3CCS(=O)(=O)CC3)CC[C@]3(C)[C@H](CC[C@@H]4[C@@]5(C)CC=C(c6ccc(C(=O)O)cc6)C(C)(C)[C@@H]5CC[C@]43C)[C@@H]12. The van der Waals surface area contributed by atoms with Gasteiger partial charge in [0.05, 0.1) is 17.1 Å². The molecule has 53 heavy (non-hydrogen) atoms. The number of allylic oxidation sites excluding steroid dienone is 3. The minimum absolute atomic E-state index is 0.0122. The average molecular weight is 747 g/mol. The molecule has 0 bridgehead atoms. The molecule has 0 spiro atoms. The summed E-state index contributed by atoms with van der Waals surface area (Å²) in [6.07, 6.45) is 14.6. The maximum absolute atomic E-state index is 13.3. The van der Waals surface area contributed by atoms with Crippen molar-refractivity contribution in [1.29, 1.82) is 0 Å². The number of amides is 1. The van der Waals surface area contributed by atoms with Gasteiger partial charge in [0.15, 0.2) is 9.84 Å². The van der Waals surface area contributed by atoms with Crippen LogP contribution >= 0.6 is 0 Å². The van der Waals surface area contributed by atoms with E-state index < -0.39 is 15.8 Å². The number of nitrogens with one attached hydrogen (secondary N) is 1. The second-order valence-corrected chi connectivity index (χ2v) is 22.2. The largest absolute Gasteiger partial charge is 0.478 e. The molecule has 1 aromatic carbocycles. The standard InChI is InChI=1S/C45H66N2O5S/c1-30(2)33-16-21-45(29-46-38(48)9-8-24-47-25-27-53(51,52)28-26-47)23-22-43(6)35(39(33)45)14-15-37-42(5)19-17-34(31-10-12-32(13-11-31)40(49)50)41(3,4)36(42)18-20-44(37,43)7/h10-13,17,33,35-37,39H,1,8-9,14-16,18-29H2,2-7H3,(H,46,48)(H,49,50)/t33-,35+,36-,37+,39+,42-,43+,44+,45+/m0/s1. The highest BCUT2D eigenvalue weighted by Gasteiger charge is 2.70. The number of carbonyl (C=O) groups is 2. The lowest BCUT2D eigenvalue weighted by atomic mass is 9.32. The van der Waals surface area contributed by atoms with Crippen LogP contribution in [0.4, 0.5) is 0 Å². The number of hydrogen-bond donors (Lipinski definition) is 2. The Labute approximate surface area is 319 Å². The van der Waals surface area contributed by atoms with E-state index in [0.29, 0.717) is 54.7 Å². The molecule has 1 saturated heterocycles. The molecule has 5 aliphatic carbocycles. The zero-order valence-corrected chi connectivity index (χ0v) is 34.3. The van der Waals surface area contributed by atoms with E-state index in [1.807, 2.05) is 12.1 Å². The molecule has 1 aliphatic heterocycles. The summed E-state index contributed by atoms with van der Waals surface area (Å²) in [7, 11) is -2.89. The van der Waals surface area contributed by atoms with Gasteiger partial charge in [0.1, 0.15) is 0 Å². The molecule has 0 radical (unpaired) electrons. The van der Waals surface area contributed by atoms with Crippen molar-refractivity contribution < 1.29 is 23.1 Å². The highest BCUT2D eigenvalue weighted by molar-refractivity contribution is 7.91. The van der Waals surface area contributed by atoms with Crippen LogP contribution in [0.15, 0.2) is 42.5 Å². The van der Waals surface area contributed by atoms with E-state index in [1.54, 1.807) is 12.1 Å². The Bertz CT molecular complexity index is 1750. The first-order valence-electron chi connectivity index (χ1n) is 20.8. The van der Waals surface area contributed by atoms with Gasteiger partial charge in [0.2, 0.25) is 5.91 Å². The summed E-state index contributed by atoms with van der Waals surface area (Å²) < 4.78 is 23.6. The highest BCUT2D eigenvalue weighted by Crippen LogP contribution is 2.77. The maximum Gasteiger partial charge on any atom is 0.335 e. The molecule has 292 valence electrons. The topological polar surface area (TPSA) is 104 Å². The third-order valence-electron chi connectivity index (χ3n) is 17.2. The first kappa shape index (κ1) is 38.8. The lowest BCUT2D eigenvalue weighted by molar-refractivity contribution is -0.225. The zero-order chi connectivity index (χ0) is 38.2. The third kappa shape index (κ3) is 6.38. The minimum atomic E-state index is -2.89. The van der Waals surface area contributed by atoms with Crippen LogP contribution in [0.25, 0.3) is 5.57 Å². The van der Waals surface area contributed by atoms with E-state index in [0.717, 1.165) is 31.5 Å². The Morgan fingerprint density at radius 1 is 0.906 bits per heavy atom. The molecule has 2 N–H and O–H groups in total. The molecule has 9 atom stereocenters. The van der Waals surface area contributed by atoms with Crippen LogP contribution in [0.5, 0.6) is 0 Å². The van der Waals surface area contributed by atoms with Gasteiger partial charge in [0.25, 0.3) is 0 Å². The fourth-order valence-corrected chi connectivity index (χ4v) is 15.6. The van der Waals surface area contributed by atoms with Gasteiger partial charge in [-0.25, -0.2) is 13.2 Å². The Hall–Kier alpha value is -2.45. The van der Waals surface area contributed by atoms with Gasteiger partial charge in [-0.3, -0.25) is 4.79 Å². The number of carbonyl (C=O) groups excluding carboxylic acids is 1. The van der Waals surface area contributed by atoms with Crippen molar-refractivity contribution in [3.63, 3.8) is 0 Å². The summed E-state index contributed by atoms with van der Waals surface area (Å²) in [5, 5.41) is 13.0. The van der Waals surface area contributed by atoms with E-state index in [9.17, 15) is 23.1 Å². The normalized spacial score (nSPS) is 40.1. The van der Waals surface area contributed by atoms with E-state index in [2.05, 4.69) is 64.4 Å². The van der Waals surface area contributed by atoms with Gasteiger partial charge >= 0.3 is 5.97 Å². The molecule has 0 aromatic heterocycles. The van der Waals surface area contributed by atoms with E-state index in [4.69, 9.17) is 0 Å². The molecule has 6 aliphatic rings. The minimum Gasteiger partial charge on any atom is -0.478 e. The molecule has 7 nitrogen and oxygen atoms in total. The van der Waals surface area contributed by atoms with E-state index in [-0.39, 0.29) is 44.5 Å². The Balaban J connectivity index is 1.08. The number of benzene rings is 1.